The molecule has 29 heavy (non-hydrogen) atoms. The van der Waals surface area contributed by atoms with E-state index in [1.54, 1.807) is 9.58 Å². The Morgan fingerprint density at radius 2 is 2.00 bits per heavy atom. The number of aliphatic hydroxyl groups excluding tert-OH is 1. The fraction of sp³-hybridized carbons (Fsp3) is 0.522. The molecule has 2 aliphatic rings. The van der Waals surface area contributed by atoms with Crippen molar-refractivity contribution in [1.29, 1.82) is 0 Å². The van der Waals surface area contributed by atoms with Gasteiger partial charge < -0.3 is 10.0 Å². The summed E-state index contributed by atoms with van der Waals surface area (Å²) < 4.78 is 1.77. The van der Waals surface area contributed by atoms with Crippen LogP contribution in [-0.4, -0.2) is 44.1 Å². The number of hydrogen-bond donors (Lipinski definition) is 1. The predicted octanol–water partition coefficient (Wildman–Crippen LogP) is 2.98. The van der Waals surface area contributed by atoms with E-state index in [4.69, 9.17) is 5.11 Å². The standard InChI is InChI=1S/C23H29N3O3/c27-13-5-11-25-12-10-19(24-25)15-22(28)21(14-17-6-1-2-7-17)26-16-18-8-3-4-9-20(18)23(26)29/h3-4,8-10,12,17,21,27H,1-2,5-7,11,13-16H2/t21-/m0/s1. The number of Topliss-reactive ketones (excluding diaryl/α,β-unsaturated/α-hetero) is 1. The maximum atomic E-state index is 13.3. The Kier molecular flexibility index (Phi) is 6.09. The van der Waals surface area contributed by atoms with Gasteiger partial charge >= 0.3 is 0 Å². The molecule has 1 N–H and O–H groups in total. The molecule has 1 aliphatic heterocycles. The van der Waals surface area contributed by atoms with Crippen LogP contribution in [0.3, 0.4) is 0 Å². The number of aliphatic hydroxyl groups is 1. The van der Waals surface area contributed by atoms with Crippen LogP contribution in [-0.2, 0) is 24.3 Å². The van der Waals surface area contributed by atoms with Gasteiger partial charge in [-0.2, -0.15) is 5.10 Å². The lowest BCUT2D eigenvalue weighted by Crippen LogP contribution is -2.43. The highest BCUT2D eigenvalue weighted by atomic mass is 16.3. The van der Waals surface area contributed by atoms with Crippen LogP contribution in [0.25, 0.3) is 0 Å². The van der Waals surface area contributed by atoms with Gasteiger partial charge in [-0.3, -0.25) is 14.3 Å². The molecule has 1 aromatic carbocycles. The Morgan fingerprint density at radius 1 is 1.21 bits per heavy atom. The van der Waals surface area contributed by atoms with Gasteiger partial charge in [0.05, 0.1) is 18.2 Å². The van der Waals surface area contributed by atoms with Gasteiger partial charge in [-0.25, -0.2) is 0 Å². The molecule has 1 fully saturated rings. The molecule has 0 bridgehead atoms. The Morgan fingerprint density at radius 3 is 2.76 bits per heavy atom. The number of amides is 1. The molecule has 0 saturated heterocycles. The third-order valence-electron chi connectivity index (χ3n) is 6.23. The number of carbonyl (C=O) groups is 2. The Hall–Kier alpha value is -2.47. The molecular formula is C23H29N3O3. The summed E-state index contributed by atoms with van der Waals surface area (Å²) >= 11 is 0. The summed E-state index contributed by atoms with van der Waals surface area (Å²) in [6.45, 7) is 1.27. The molecule has 2 heterocycles. The van der Waals surface area contributed by atoms with Crippen molar-refractivity contribution in [2.45, 2.75) is 64.1 Å². The Labute approximate surface area is 171 Å². The molecule has 0 unspecified atom stereocenters. The zero-order valence-electron chi connectivity index (χ0n) is 16.8. The molecule has 4 rings (SSSR count). The maximum absolute atomic E-state index is 13.3. The predicted molar refractivity (Wildman–Crippen MR) is 109 cm³/mol. The van der Waals surface area contributed by atoms with E-state index in [9.17, 15) is 9.59 Å². The third kappa shape index (κ3) is 4.42. The van der Waals surface area contributed by atoms with Crippen molar-refractivity contribution in [1.82, 2.24) is 14.7 Å². The highest BCUT2D eigenvalue weighted by Crippen LogP contribution is 2.33. The number of rotatable bonds is 9. The van der Waals surface area contributed by atoms with E-state index in [1.165, 1.54) is 12.8 Å². The number of carbonyl (C=O) groups excluding carboxylic acids is 2. The van der Waals surface area contributed by atoms with Crippen LogP contribution in [0.2, 0.25) is 0 Å². The van der Waals surface area contributed by atoms with E-state index in [0.29, 0.717) is 25.4 Å². The Bertz CT molecular complexity index is 870. The molecule has 154 valence electrons. The van der Waals surface area contributed by atoms with E-state index in [-0.39, 0.29) is 30.8 Å². The van der Waals surface area contributed by atoms with E-state index in [0.717, 1.165) is 36.1 Å². The largest absolute Gasteiger partial charge is 0.396 e. The number of aromatic nitrogens is 2. The first-order valence-corrected chi connectivity index (χ1v) is 10.7. The lowest BCUT2D eigenvalue weighted by molar-refractivity contribution is -0.123. The fourth-order valence-corrected chi connectivity index (χ4v) is 4.67. The molecule has 1 saturated carbocycles. The summed E-state index contributed by atoms with van der Waals surface area (Å²) in [6.07, 6.45) is 8.21. The number of benzene rings is 1. The molecule has 6 nitrogen and oxygen atoms in total. The van der Waals surface area contributed by atoms with E-state index < -0.39 is 0 Å². The number of aryl methyl sites for hydroxylation is 1. The molecule has 1 amide bonds. The summed E-state index contributed by atoms with van der Waals surface area (Å²) in [4.78, 5) is 28.1. The van der Waals surface area contributed by atoms with Crippen LogP contribution in [0, 0.1) is 5.92 Å². The monoisotopic (exact) mass is 395 g/mol. The van der Waals surface area contributed by atoms with Gasteiger partial charge in [-0.1, -0.05) is 43.9 Å². The second kappa shape index (κ2) is 8.91. The van der Waals surface area contributed by atoms with E-state index in [2.05, 4.69) is 5.10 Å². The minimum atomic E-state index is -0.388. The smallest absolute Gasteiger partial charge is 0.255 e. The van der Waals surface area contributed by atoms with Crippen molar-refractivity contribution in [2.75, 3.05) is 6.61 Å². The Balaban J connectivity index is 1.50. The minimum absolute atomic E-state index is 0.0228. The first kappa shape index (κ1) is 19.8. The van der Waals surface area contributed by atoms with Crippen LogP contribution in [0.5, 0.6) is 0 Å². The summed E-state index contributed by atoms with van der Waals surface area (Å²) in [5.41, 5.74) is 2.47. The van der Waals surface area contributed by atoms with Crippen LogP contribution in [0.4, 0.5) is 0 Å². The average Bonchev–Trinajstić information content (AvgIpc) is 3.46. The fourth-order valence-electron chi connectivity index (χ4n) is 4.67. The minimum Gasteiger partial charge on any atom is -0.396 e. The van der Waals surface area contributed by atoms with Crippen molar-refractivity contribution >= 4 is 11.7 Å². The van der Waals surface area contributed by atoms with Crippen molar-refractivity contribution in [3.63, 3.8) is 0 Å². The molecular weight excluding hydrogens is 366 g/mol. The average molecular weight is 396 g/mol. The highest BCUT2D eigenvalue weighted by Gasteiger charge is 2.37. The number of ketones is 1. The van der Waals surface area contributed by atoms with Crippen LogP contribution in [0.15, 0.2) is 36.5 Å². The lowest BCUT2D eigenvalue weighted by atomic mass is 9.93. The van der Waals surface area contributed by atoms with Gasteiger partial charge in [0.15, 0.2) is 5.78 Å². The lowest BCUT2D eigenvalue weighted by Gasteiger charge is -2.29. The molecule has 0 spiro atoms. The second-order valence-corrected chi connectivity index (χ2v) is 8.28. The summed E-state index contributed by atoms with van der Waals surface area (Å²) in [5, 5.41) is 13.4. The van der Waals surface area contributed by atoms with Gasteiger partial charge in [0.25, 0.3) is 5.91 Å². The SMILES string of the molecule is O=C(Cc1ccn(CCCO)n1)[C@H](CC1CCCC1)N1Cc2ccccc2C1=O. The van der Waals surface area contributed by atoms with Crippen LogP contribution < -0.4 is 0 Å². The summed E-state index contributed by atoms with van der Waals surface area (Å²) in [5.74, 6) is 0.568. The quantitative estimate of drug-likeness (QED) is 0.708. The van der Waals surface area contributed by atoms with E-state index in [1.807, 2.05) is 36.5 Å². The van der Waals surface area contributed by atoms with Crippen molar-refractivity contribution in [2.24, 2.45) is 5.92 Å². The zero-order valence-corrected chi connectivity index (χ0v) is 16.8. The first-order chi connectivity index (χ1) is 14.2. The third-order valence-corrected chi connectivity index (χ3v) is 6.23. The number of nitrogens with zero attached hydrogens (tertiary/aromatic N) is 3. The number of fused-ring (bicyclic) bond motifs is 1. The maximum Gasteiger partial charge on any atom is 0.255 e. The van der Waals surface area contributed by atoms with Gasteiger partial charge in [0.1, 0.15) is 0 Å². The van der Waals surface area contributed by atoms with Gasteiger partial charge in [-0.05, 0) is 36.5 Å². The second-order valence-electron chi connectivity index (χ2n) is 8.28. The van der Waals surface area contributed by atoms with Crippen molar-refractivity contribution in [3.8, 4) is 0 Å². The molecule has 1 atom stereocenters. The van der Waals surface area contributed by atoms with Crippen molar-refractivity contribution < 1.29 is 14.7 Å². The highest BCUT2D eigenvalue weighted by molar-refractivity contribution is 6.01. The molecule has 2 aromatic rings. The molecule has 1 aliphatic carbocycles. The van der Waals surface area contributed by atoms with Gasteiger partial charge in [-0.15, -0.1) is 0 Å². The van der Waals surface area contributed by atoms with Gasteiger partial charge in [0, 0.05) is 31.5 Å². The normalized spacial score (nSPS) is 17.7. The topological polar surface area (TPSA) is 75.4 Å². The van der Waals surface area contributed by atoms with Crippen LogP contribution in [0.1, 0.15) is 60.1 Å². The molecule has 0 radical (unpaired) electrons. The van der Waals surface area contributed by atoms with Crippen LogP contribution >= 0.6 is 0 Å². The van der Waals surface area contributed by atoms with Crippen molar-refractivity contribution in [3.05, 3.63) is 53.3 Å². The number of hydrogen-bond acceptors (Lipinski definition) is 4. The van der Waals surface area contributed by atoms with E-state index >= 15 is 0 Å². The summed E-state index contributed by atoms with van der Waals surface area (Å²) in [6, 6.07) is 9.14. The zero-order chi connectivity index (χ0) is 20.2. The summed E-state index contributed by atoms with van der Waals surface area (Å²) in [7, 11) is 0. The molecule has 6 heteroatoms. The van der Waals surface area contributed by atoms with Gasteiger partial charge in [0.2, 0.25) is 0 Å². The first-order valence-electron chi connectivity index (χ1n) is 10.7. The molecule has 1 aromatic heterocycles.